The van der Waals surface area contributed by atoms with E-state index >= 15 is 0 Å². The van der Waals surface area contributed by atoms with Gasteiger partial charge in [-0.2, -0.15) is 0 Å². The van der Waals surface area contributed by atoms with Gasteiger partial charge >= 0.3 is 5.97 Å². The zero-order chi connectivity index (χ0) is 10.8. The Balaban J connectivity index is 2.79. The lowest BCUT2D eigenvalue weighted by Gasteiger charge is -1.98. The van der Waals surface area contributed by atoms with Crippen molar-refractivity contribution in [2.45, 2.75) is 0 Å². The normalized spacial score (nSPS) is 14.4. The molecule has 0 amide bonds. The van der Waals surface area contributed by atoms with Crippen molar-refractivity contribution in [3.63, 3.8) is 0 Å². The molecule has 0 fully saturated rings. The number of hydrogen-bond acceptors (Lipinski definition) is 2. The Bertz CT molecular complexity index is 331. The van der Waals surface area contributed by atoms with Crippen LogP contribution >= 0.6 is 0 Å². The molecule has 0 saturated carbocycles. The molecule has 58 valence electrons. The highest BCUT2D eigenvalue weighted by atomic mass is 16.4. The number of carboxylic acid groups (broad SMARTS) is 1. The summed E-state index contributed by atoms with van der Waals surface area (Å²) in [6, 6.07) is 5.51. The molecule has 0 aliphatic rings. The molecule has 1 aromatic carbocycles. The monoisotopic (exact) mass is 154 g/mol. The number of hydrogen-bond donors (Lipinski definition) is 2. The van der Waals surface area contributed by atoms with Crippen molar-refractivity contribution in [3.05, 3.63) is 29.8 Å². The topological polar surface area (TPSA) is 49.3 Å². The van der Waals surface area contributed by atoms with E-state index in [1.807, 2.05) is 0 Å². The number of benzene rings is 1. The van der Waals surface area contributed by atoms with Crippen LogP contribution in [0.15, 0.2) is 24.3 Å². The van der Waals surface area contributed by atoms with E-state index in [0.29, 0.717) is 5.69 Å². The standard InChI is InChI=1S/C8H9NO2/c1-9-7-4-2-6(3-5-7)8(10)11/h2-5,9H,1H3,(H,10,11)/i1D3. The Morgan fingerprint density at radius 1 is 1.55 bits per heavy atom. The minimum atomic E-state index is -2.26. The first-order valence-corrected chi connectivity index (χ1v) is 3.00. The predicted molar refractivity (Wildman–Crippen MR) is 42.9 cm³/mol. The van der Waals surface area contributed by atoms with Gasteiger partial charge in [-0.25, -0.2) is 4.79 Å². The van der Waals surface area contributed by atoms with Gasteiger partial charge in [0.25, 0.3) is 0 Å². The van der Waals surface area contributed by atoms with Crippen molar-refractivity contribution >= 4 is 11.7 Å². The molecule has 0 saturated heterocycles. The molecule has 3 nitrogen and oxygen atoms in total. The molecule has 0 heterocycles. The third-order valence-corrected chi connectivity index (χ3v) is 1.28. The van der Waals surface area contributed by atoms with Crippen LogP contribution in [0.4, 0.5) is 5.69 Å². The third-order valence-electron chi connectivity index (χ3n) is 1.28. The van der Waals surface area contributed by atoms with Gasteiger partial charge in [0.15, 0.2) is 0 Å². The van der Waals surface area contributed by atoms with Gasteiger partial charge in [-0.05, 0) is 24.3 Å². The minimum Gasteiger partial charge on any atom is -0.478 e. The smallest absolute Gasteiger partial charge is 0.335 e. The molecule has 0 aliphatic heterocycles. The van der Waals surface area contributed by atoms with E-state index in [-0.39, 0.29) is 5.56 Å². The molecule has 3 heteroatoms. The largest absolute Gasteiger partial charge is 0.478 e. The Morgan fingerprint density at radius 3 is 2.64 bits per heavy atom. The highest BCUT2D eigenvalue weighted by Crippen LogP contribution is 2.07. The van der Waals surface area contributed by atoms with E-state index in [1.165, 1.54) is 24.3 Å². The average Bonchev–Trinajstić information content (AvgIpc) is 2.02. The van der Waals surface area contributed by atoms with Gasteiger partial charge in [-0.15, -0.1) is 0 Å². The van der Waals surface area contributed by atoms with E-state index in [1.54, 1.807) is 0 Å². The number of carboxylic acids is 1. The maximum Gasteiger partial charge on any atom is 0.335 e. The van der Waals surface area contributed by atoms with E-state index < -0.39 is 12.9 Å². The molecule has 0 bridgehead atoms. The lowest BCUT2D eigenvalue weighted by molar-refractivity contribution is 0.0697. The van der Waals surface area contributed by atoms with Crippen molar-refractivity contribution in [2.75, 3.05) is 12.3 Å². The van der Waals surface area contributed by atoms with Gasteiger partial charge in [0.1, 0.15) is 0 Å². The summed E-state index contributed by atoms with van der Waals surface area (Å²) < 4.78 is 20.7. The maximum absolute atomic E-state index is 10.5. The second kappa shape index (κ2) is 3.05. The van der Waals surface area contributed by atoms with E-state index in [9.17, 15) is 4.79 Å². The van der Waals surface area contributed by atoms with Crippen LogP contribution in [-0.4, -0.2) is 18.1 Å². The molecule has 0 aliphatic carbocycles. The summed E-state index contributed by atoms with van der Waals surface area (Å²) in [5.74, 6) is -1.04. The molecule has 0 unspecified atom stereocenters. The van der Waals surface area contributed by atoms with E-state index in [0.717, 1.165) is 0 Å². The second-order valence-electron chi connectivity index (χ2n) is 2.01. The molecule has 1 aromatic rings. The first-order valence-electron chi connectivity index (χ1n) is 4.50. The van der Waals surface area contributed by atoms with Gasteiger partial charge < -0.3 is 10.4 Å². The summed E-state index contributed by atoms with van der Waals surface area (Å²) >= 11 is 0. The summed E-state index contributed by atoms with van der Waals surface area (Å²) in [6.45, 7) is -2.26. The average molecular weight is 154 g/mol. The second-order valence-corrected chi connectivity index (χ2v) is 2.01. The van der Waals surface area contributed by atoms with Crippen LogP contribution in [0, 0.1) is 0 Å². The van der Waals surface area contributed by atoms with Crippen molar-refractivity contribution in [2.24, 2.45) is 0 Å². The van der Waals surface area contributed by atoms with Crippen LogP contribution in [-0.2, 0) is 0 Å². The van der Waals surface area contributed by atoms with Gasteiger partial charge in [0, 0.05) is 16.8 Å². The first kappa shape index (κ1) is 4.38. The fourth-order valence-electron chi connectivity index (χ4n) is 0.696. The number of nitrogens with one attached hydrogen (secondary N) is 1. The molecule has 0 spiro atoms. The van der Waals surface area contributed by atoms with Crippen LogP contribution in [0.5, 0.6) is 0 Å². The van der Waals surface area contributed by atoms with Gasteiger partial charge in [-0.1, -0.05) is 0 Å². The van der Waals surface area contributed by atoms with Crippen molar-refractivity contribution in [3.8, 4) is 0 Å². The van der Waals surface area contributed by atoms with E-state index in [4.69, 9.17) is 9.22 Å². The molecule has 2 N–H and O–H groups in total. The van der Waals surface area contributed by atoms with Crippen LogP contribution in [0.25, 0.3) is 0 Å². The zero-order valence-corrected chi connectivity index (χ0v) is 5.66. The van der Waals surface area contributed by atoms with Gasteiger partial charge in [0.05, 0.1) is 5.56 Å². The first-order chi connectivity index (χ1) is 6.38. The molecule has 0 aromatic heterocycles. The number of aromatic carboxylic acids is 1. The highest BCUT2D eigenvalue weighted by Gasteiger charge is 1.99. The third kappa shape index (κ3) is 1.70. The molecule has 11 heavy (non-hydrogen) atoms. The summed E-state index contributed by atoms with van der Waals surface area (Å²) in [5.41, 5.74) is 0.496. The Labute approximate surface area is 68.9 Å². The Kier molecular flexibility index (Phi) is 1.22. The van der Waals surface area contributed by atoms with Crippen LogP contribution in [0.1, 0.15) is 14.5 Å². The molecule has 1 rings (SSSR count). The quantitative estimate of drug-likeness (QED) is 0.677. The van der Waals surface area contributed by atoms with Crippen molar-refractivity contribution < 1.29 is 14.0 Å². The predicted octanol–water partition coefficient (Wildman–Crippen LogP) is 1.43. The summed E-state index contributed by atoms with van der Waals surface area (Å²) in [5, 5.41) is 10.8. The maximum atomic E-state index is 10.5. The lowest BCUT2D eigenvalue weighted by Crippen LogP contribution is -1.96. The van der Waals surface area contributed by atoms with Gasteiger partial charge in [-0.3, -0.25) is 0 Å². The van der Waals surface area contributed by atoms with E-state index in [2.05, 4.69) is 5.32 Å². The molecule has 0 atom stereocenters. The number of anilines is 1. The van der Waals surface area contributed by atoms with Crippen LogP contribution < -0.4 is 5.32 Å². The Morgan fingerprint density at radius 2 is 2.18 bits per heavy atom. The molecule has 0 radical (unpaired) electrons. The minimum absolute atomic E-state index is 0.126. The SMILES string of the molecule is [2H]C([2H])([2H])Nc1ccc(C(=O)O)cc1. The number of rotatable bonds is 2. The van der Waals surface area contributed by atoms with Gasteiger partial charge in [0.2, 0.25) is 0 Å². The zero-order valence-electron chi connectivity index (χ0n) is 8.66. The van der Waals surface area contributed by atoms with Crippen molar-refractivity contribution in [1.82, 2.24) is 0 Å². The highest BCUT2D eigenvalue weighted by molar-refractivity contribution is 5.87. The number of carbonyl (C=O) groups is 1. The molecular formula is C8H9NO2. The van der Waals surface area contributed by atoms with Crippen LogP contribution in [0.3, 0.4) is 0 Å². The lowest BCUT2D eigenvalue weighted by atomic mass is 10.2. The summed E-state index contributed by atoms with van der Waals surface area (Å²) in [7, 11) is 0. The summed E-state index contributed by atoms with van der Waals surface area (Å²) in [6.07, 6.45) is 0. The Hall–Kier alpha value is -1.51. The van der Waals surface area contributed by atoms with Crippen molar-refractivity contribution in [1.29, 1.82) is 0 Å². The molecular weight excluding hydrogens is 142 g/mol. The fourth-order valence-corrected chi connectivity index (χ4v) is 0.696. The fraction of sp³-hybridized carbons (Fsp3) is 0.125. The van der Waals surface area contributed by atoms with Crippen LogP contribution in [0.2, 0.25) is 0 Å². The summed E-state index contributed by atoms with van der Waals surface area (Å²) in [4.78, 5) is 10.5.